The van der Waals surface area contributed by atoms with Gasteiger partial charge < -0.3 is 4.42 Å². The number of furan rings is 1. The molecule has 0 saturated carbocycles. The first-order valence-corrected chi connectivity index (χ1v) is 14.6. The monoisotopic (exact) mass is 548 g/mol. The normalized spacial score (nSPS) is 12.4. The summed E-state index contributed by atoms with van der Waals surface area (Å²) >= 11 is 0. The molecule has 0 bridgehead atoms. The van der Waals surface area contributed by atoms with Crippen molar-refractivity contribution in [2.24, 2.45) is 0 Å². The molecule has 0 amide bonds. The van der Waals surface area contributed by atoms with Crippen LogP contribution in [0, 0.1) is 0 Å². The molecular formula is C42H26O. The van der Waals surface area contributed by atoms with Crippen LogP contribution in [-0.2, 0) is 0 Å². The van der Waals surface area contributed by atoms with Crippen molar-refractivity contribution in [1.82, 2.24) is 0 Å². The fourth-order valence-corrected chi connectivity index (χ4v) is 6.88. The van der Waals surface area contributed by atoms with Gasteiger partial charge in [0.2, 0.25) is 0 Å². The maximum atomic E-state index is 8.15. The van der Waals surface area contributed by atoms with Crippen LogP contribution in [0.15, 0.2) is 162 Å². The van der Waals surface area contributed by atoms with Crippen molar-refractivity contribution in [1.29, 1.82) is 0 Å². The highest BCUT2D eigenvalue weighted by molar-refractivity contribution is 6.26. The van der Waals surface area contributed by atoms with E-state index in [2.05, 4.69) is 103 Å². The maximum absolute atomic E-state index is 8.15. The Morgan fingerprint density at radius 2 is 1.00 bits per heavy atom. The second kappa shape index (κ2) is 9.44. The van der Waals surface area contributed by atoms with Crippen LogP contribution >= 0.6 is 0 Å². The molecule has 0 N–H and O–H groups in total. The van der Waals surface area contributed by atoms with Crippen molar-refractivity contribution in [2.45, 2.75) is 0 Å². The smallest absolute Gasteiger partial charge is 0.136 e. The van der Waals surface area contributed by atoms with E-state index in [-0.39, 0.29) is 0 Å². The standard InChI is InChI=1S/C42H26O/c1-2-13-28-26-29(25-24-27(28)12-1)30-14-3-4-15-31(30)40-32-16-5-7-18-34(32)41(35-19-8-6-17-33(35)40)37-21-11-23-39-42(37)36-20-9-10-22-38(36)43-39/h1-26H/i1D,10D. The van der Waals surface area contributed by atoms with Gasteiger partial charge in [-0.3, -0.25) is 0 Å². The lowest BCUT2D eigenvalue weighted by Crippen LogP contribution is -1.93. The predicted molar refractivity (Wildman–Crippen MR) is 183 cm³/mol. The van der Waals surface area contributed by atoms with Crippen LogP contribution in [0.3, 0.4) is 0 Å². The minimum absolute atomic E-state index is 0.439. The van der Waals surface area contributed by atoms with Gasteiger partial charge in [-0.15, -0.1) is 0 Å². The number of hydrogen-bond acceptors (Lipinski definition) is 1. The summed E-state index contributed by atoms with van der Waals surface area (Å²) in [5.74, 6) is 0. The Hall–Kier alpha value is -5.66. The summed E-state index contributed by atoms with van der Waals surface area (Å²) < 4.78 is 22.5. The molecule has 0 atom stereocenters. The molecule has 9 aromatic rings. The topological polar surface area (TPSA) is 13.1 Å². The molecule has 0 saturated heterocycles. The molecule has 0 fully saturated rings. The predicted octanol–water partition coefficient (Wildman–Crippen LogP) is 12.0. The molecule has 1 heterocycles. The zero-order valence-corrected chi connectivity index (χ0v) is 23.3. The number of rotatable bonds is 3. The summed E-state index contributed by atoms with van der Waals surface area (Å²) in [7, 11) is 0. The van der Waals surface area contributed by atoms with Gasteiger partial charge in [0.15, 0.2) is 0 Å². The van der Waals surface area contributed by atoms with E-state index in [4.69, 9.17) is 7.16 Å². The summed E-state index contributed by atoms with van der Waals surface area (Å²) in [6.45, 7) is 0. The van der Waals surface area contributed by atoms with E-state index >= 15 is 0 Å². The molecule has 1 heteroatoms. The Bertz CT molecular complexity index is 2570. The van der Waals surface area contributed by atoms with Crippen molar-refractivity contribution in [3.8, 4) is 33.4 Å². The lowest BCUT2D eigenvalue weighted by atomic mass is 9.83. The van der Waals surface area contributed by atoms with E-state index in [9.17, 15) is 0 Å². The van der Waals surface area contributed by atoms with Crippen molar-refractivity contribution >= 4 is 54.3 Å². The van der Waals surface area contributed by atoms with Gasteiger partial charge in [-0.1, -0.05) is 139 Å². The Labute approximate surface area is 252 Å². The SMILES string of the molecule is [2H]c1ccc2cc(-c3ccccc3-c3c4ccccc4c(-c4cccc5oc6cc([2H])ccc6c45)c4ccccc34)ccc2c1. The minimum atomic E-state index is 0.439. The Morgan fingerprint density at radius 3 is 1.77 bits per heavy atom. The summed E-state index contributed by atoms with van der Waals surface area (Å²) in [5.41, 5.74) is 8.58. The van der Waals surface area contributed by atoms with Gasteiger partial charge in [-0.05, 0) is 83.9 Å². The summed E-state index contributed by atoms with van der Waals surface area (Å²) in [6, 6.07) is 51.4. The van der Waals surface area contributed by atoms with Gasteiger partial charge in [-0.2, -0.15) is 0 Å². The quantitative estimate of drug-likeness (QED) is 0.200. The number of para-hydroxylation sites is 1. The highest BCUT2D eigenvalue weighted by Crippen LogP contribution is 2.48. The largest absolute Gasteiger partial charge is 0.456 e. The zero-order chi connectivity index (χ0) is 30.1. The van der Waals surface area contributed by atoms with Crippen molar-refractivity contribution in [2.75, 3.05) is 0 Å². The molecular weight excluding hydrogens is 520 g/mol. The van der Waals surface area contributed by atoms with Crippen molar-refractivity contribution in [3.63, 3.8) is 0 Å². The van der Waals surface area contributed by atoms with Gasteiger partial charge in [0.25, 0.3) is 0 Å². The minimum Gasteiger partial charge on any atom is -0.456 e. The lowest BCUT2D eigenvalue weighted by molar-refractivity contribution is 0.669. The highest BCUT2D eigenvalue weighted by atomic mass is 16.3. The van der Waals surface area contributed by atoms with Crippen LogP contribution in [0.2, 0.25) is 0 Å². The zero-order valence-electron chi connectivity index (χ0n) is 25.3. The molecule has 0 aliphatic carbocycles. The molecule has 1 nitrogen and oxygen atoms in total. The number of hydrogen-bond donors (Lipinski definition) is 0. The summed E-state index contributed by atoms with van der Waals surface area (Å²) in [4.78, 5) is 0. The van der Waals surface area contributed by atoms with Crippen LogP contribution in [0.25, 0.3) is 87.6 Å². The fraction of sp³-hybridized carbons (Fsp3) is 0. The third-order valence-corrected chi connectivity index (χ3v) is 8.73. The molecule has 8 aromatic carbocycles. The Morgan fingerprint density at radius 1 is 0.395 bits per heavy atom. The highest BCUT2D eigenvalue weighted by Gasteiger charge is 2.21. The maximum Gasteiger partial charge on any atom is 0.136 e. The Kier molecular flexibility index (Phi) is 4.83. The fourth-order valence-electron chi connectivity index (χ4n) is 6.88. The van der Waals surface area contributed by atoms with Gasteiger partial charge in [0.1, 0.15) is 11.2 Å². The van der Waals surface area contributed by atoms with Gasteiger partial charge >= 0.3 is 0 Å². The van der Waals surface area contributed by atoms with Gasteiger partial charge in [0, 0.05) is 10.8 Å². The average Bonchev–Trinajstić information content (AvgIpc) is 3.45. The van der Waals surface area contributed by atoms with Crippen LogP contribution in [-0.4, -0.2) is 0 Å². The molecule has 0 aliphatic heterocycles. The van der Waals surface area contributed by atoms with Crippen LogP contribution in [0.4, 0.5) is 0 Å². The average molecular weight is 549 g/mol. The second-order valence-electron chi connectivity index (χ2n) is 11.1. The molecule has 1 aromatic heterocycles. The van der Waals surface area contributed by atoms with E-state index in [0.717, 1.165) is 43.8 Å². The van der Waals surface area contributed by atoms with E-state index in [1.807, 2.05) is 36.4 Å². The van der Waals surface area contributed by atoms with E-state index in [1.165, 1.54) is 43.8 Å². The third kappa shape index (κ3) is 3.65. The third-order valence-electron chi connectivity index (χ3n) is 8.73. The number of fused-ring (bicyclic) bond motifs is 6. The van der Waals surface area contributed by atoms with Gasteiger partial charge in [-0.25, -0.2) is 0 Å². The van der Waals surface area contributed by atoms with Crippen molar-refractivity contribution in [3.05, 3.63) is 158 Å². The molecule has 200 valence electrons. The van der Waals surface area contributed by atoms with Gasteiger partial charge in [0.05, 0.1) is 2.74 Å². The number of benzene rings is 8. The first kappa shape index (κ1) is 22.0. The van der Waals surface area contributed by atoms with E-state index < -0.39 is 0 Å². The van der Waals surface area contributed by atoms with E-state index in [0.29, 0.717) is 12.1 Å². The van der Waals surface area contributed by atoms with E-state index in [1.54, 1.807) is 6.07 Å². The second-order valence-corrected chi connectivity index (χ2v) is 11.1. The summed E-state index contributed by atoms with van der Waals surface area (Å²) in [5, 5.41) is 9.04. The first-order chi connectivity index (χ1) is 22.1. The van der Waals surface area contributed by atoms with Crippen LogP contribution in [0.5, 0.6) is 0 Å². The molecule has 0 radical (unpaired) electrons. The molecule has 43 heavy (non-hydrogen) atoms. The van der Waals surface area contributed by atoms with Crippen molar-refractivity contribution < 1.29 is 7.16 Å². The molecule has 0 spiro atoms. The lowest BCUT2D eigenvalue weighted by Gasteiger charge is -2.20. The molecule has 9 rings (SSSR count). The first-order valence-electron chi connectivity index (χ1n) is 15.6. The summed E-state index contributed by atoms with van der Waals surface area (Å²) in [6.07, 6.45) is 0. The molecule has 0 unspecified atom stereocenters. The van der Waals surface area contributed by atoms with Crippen LogP contribution < -0.4 is 0 Å². The van der Waals surface area contributed by atoms with Crippen LogP contribution in [0.1, 0.15) is 2.74 Å². The Balaban J connectivity index is 1.38. The molecule has 0 aliphatic rings.